The summed E-state index contributed by atoms with van der Waals surface area (Å²) in [5.74, 6) is 1.51. The molecular weight excluding hydrogens is 294 g/mol. The molecule has 0 bridgehead atoms. The maximum Gasteiger partial charge on any atom is 0.175 e. The number of halogens is 1. The molecule has 0 saturated heterocycles. The quantitative estimate of drug-likeness (QED) is 0.928. The van der Waals surface area contributed by atoms with Gasteiger partial charge < -0.3 is 15.2 Å². The fourth-order valence-corrected chi connectivity index (χ4v) is 3.24. The van der Waals surface area contributed by atoms with Crippen LogP contribution in [0.1, 0.15) is 30.9 Å². The van der Waals surface area contributed by atoms with Gasteiger partial charge in [0.1, 0.15) is 0 Å². The van der Waals surface area contributed by atoms with Crippen LogP contribution in [0.5, 0.6) is 11.5 Å². The van der Waals surface area contributed by atoms with Gasteiger partial charge in [0.15, 0.2) is 11.5 Å². The molecule has 1 atom stereocenters. The van der Waals surface area contributed by atoms with Crippen LogP contribution in [0, 0.1) is 6.92 Å². The summed E-state index contributed by atoms with van der Waals surface area (Å²) in [5, 5.41) is 0. The average molecular weight is 314 g/mol. The van der Waals surface area contributed by atoms with Crippen LogP contribution in [0.3, 0.4) is 0 Å². The zero-order valence-electron chi connectivity index (χ0n) is 11.3. The van der Waals surface area contributed by atoms with Crippen LogP contribution in [-0.4, -0.2) is 20.3 Å². The van der Waals surface area contributed by atoms with E-state index in [2.05, 4.69) is 35.8 Å². The Hall–Kier alpha value is -0.740. The molecule has 1 aromatic rings. The molecule has 1 saturated carbocycles. The highest BCUT2D eigenvalue weighted by Crippen LogP contribution is 2.54. The van der Waals surface area contributed by atoms with Gasteiger partial charge in [0.2, 0.25) is 0 Å². The van der Waals surface area contributed by atoms with Crippen molar-refractivity contribution >= 4 is 15.9 Å². The monoisotopic (exact) mass is 313 g/mol. The molecule has 0 radical (unpaired) electrons. The number of ether oxygens (including phenoxy) is 2. The van der Waals surface area contributed by atoms with E-state index in [1.807, 2.05) is 0 Å². The van der Waals surface area contributed by atoms with Gasteiger partial charge in [-0.2, -0.15) is 0 Å². The Morgan fingerprint density at radius 2 is 1.94 bits per heavy atom. The fourth-order valence-electron chi connectivity index (χ4n) is 2.67. The van der Waals surface area contributed by atoms with Gasteiger partial charge in [0.05, 0.1) is 18.7 Å². The molecule has 3 nitrogen and oxygen atoms in total. The van der Waals surface area contributed by atoms with Crippen molar-refractivity contribution in [3.63, 3.8) is 0 Å². The minimum atomic E-state index is 0.117. The molecule has 100 valence electrons. The summed E-state index contributed by atoms with van der Waals surface area (Å²) in [5.41, 5.74) is 8.75. The normalized spacial score (nSPS) is 18.3. The number of methoxy groups -OCH3 is 2. The van der Waals surface area contributed by atoms with E-state index in [1.165, 1.54) is 11.1 Å². The van der Waals surface area contributed by atoms with Gasteiger partial charge in [0, 0.05) is 11.5 Å². The van der Waals surface area contributed by atoms with Gasteiger partial charge in [-0.1, -0.05) is 0 Å². The smallest absolute Gasteiger partial charge is 0.175 e. The number of nitrogens with two attached hydrogens (primary N) is 1. The lowest BCUT2D eigenvalue weighted by molar-refractivity contribution is 0.351. The third-order valence-electron chi connectivity index (χ3n) is 4.05. The molecule has 4 heteroatoms. The van der Waals surface area contributed by atoms with Gasteiger partial charge in [-0.3, -0.25) is 0 Å². The van der Waals surface area contributed by atoms with Crippen LogP contribution in [0.2, 0.25) is 0 Å². The first-order valence-corrected chi connectivity index (χ1v) is 6.94. The van der Waals surface area contributed by atoms with Crippen LogP contribution < -0.4 is 15.2 Å². The Morgan fingerprint density at radius 1 is 1.33 bits per heavy atom. The van der Waals surface area contributed by atoms with Crippen molar-refractivity contribution in [3.8, 4) is 11.5 Å². The second-order valence-corrected chi connectivity index (χ2v) is 5.84. The lowest BCUT2D eigenvalue weighted by Gasteiger charge is -2.25. The van der Waals surface area contributed by atoms with Gasteiger partial charge in [-0.05, 0) is 59.8 Å². The molecular formula is C14H20BrNO2. The second kappa shape index (κ2) is 4.74. The van der Waals surface area contributed by atoms with Crippen molar-refractivity contribution in [2.24, 2.45) is 5.73 Å². The van der Waals surface area contributed by atoms with Gasteiger partial charge in [0.25, 0.3) is 0 Å². The lowest BCUT2D eigenvalue weighted by atomic mass is 9.86. The first kappa shape index (κ1) is 13.7. The average Bonchev–Trinajstić information content (AvgIpc) is 3.13. The summed E-state index contributed by atoms with van der Waals surface area (Å²) in [7, 11) is 3.31. The predicted octanol–water partition coefficient (Wildman–Crippen LogP) is 3.15. The van der Waals surface area contributed by atoms with Gasteiger partial charge >= 0.3 is 0 Å². The van der Waals surface area contributed by atoms with E-state index in [4.69, 9.17) is 15.2 Å². The molecule has 1 fully saturated rings. The third-order valence-corrected chi connectivity index (χ3v) is 5.01. The largest absolute Gasteiger partial charge is 0.493 e. The molecule has 1 unspecified atom stereocenters. The van der Waals surface area contributed by atoms with Crippen molar-refractivity contribution in [1.29, 1.82) is 0 Å². The Labute approximate surface area is 117 Å². The molecule has 1 aliphatic rings. The Morgan fingerprint density at radius 3 is 2.33 bits per heavy atom. The molecule has 0 amide bonds. The minimum Gasteiger partial charge on any atom is -0.493 e. The molecule has 18 heavy (non-hydrogen) atoms. The number of benzene rings is 1. The molecule has 0 aromatic heterocycles. The third kappa shape index (κ3) is 1.91. The molecule has 2 rings (SSSR count). The maximum atomic E-state index is 6.16. The first-order valence-electron chi connectivity index (χ1n) is 6.15. The topological polar surface area (TPSA) is 44.5 Å². The summed E-state index contributed by atoms with van der Waals surface area (Å²) in [6.07, 6.45) is 2.29. The summed E-state index contributed by atoms with van der Waals surface area (Å²) in [6, 6.07) is 2.23. The number of hydrogen-bond acceptors (Lipinski definition) is 3. The number of hydrogen-bond donors (Lipinski definition) is 1. The zero-order valence-corrected chi connectivity index (χ0v) is 12.9. The lowest BCUT2D eigenvalue weighted by Crippen LogP contribution is -2.32. The standard InChI is InChI=1S/C14H20BrNO2/c1-8-10(14(5-6-14)9(2)16)7-11(17-3)13(18-4)12(8)15/h7,9H,5-6,16H2,1-4H3. The van der Waals surface area contributed by atoms with E-state index in [0.717, 1.165) is 28.8 Å². The zero-order chi connectivity index (χ0) is 13.5. The minimum absolute atomic E-state index is 0.117. The predicted molar refractivity (Wildman–Crippen MR) is 76.5 cm³/mol. The molecule has 0 spiro atoms. The van der Waals surface area contributed by atoms with Crippen molar-refractivity contribution in [1.82, 2.24) is 0 Å². The highest BCUT2D eigenvalue weighted by atomic mass is 79.9. The highest BCUT2D eigenvalue weighted by molar-refractivity contribution is 9.10. The Kier molecular flexibility index (Phi) is 3.60. The van der Waals surface area contributed by atoms with Crippen LogP contribution >= 0.6 is 15.9 Å². The van der Waals surface area contributed by atoms with Crippen LogP contribution in [0.15, 0.2) is 10.5 Å². The number of rotatable bonds is 4. The highest BCUT2D eigenvalue weighted by Gasteiger charge is 2.49. The first-order chi connectivity index (χ1) is 8.47. The molecule has 0 heterocycles. The van der Waals surface area contributed by atoms with Crippen molar-refractivity contribution in [2.75, 3.05) is 14.2 Å². The van der Waals surface area contributed by atoms with E-state index in [-0.39, 0.29) is 11.5 Å². The van der Waals surface area contributed by atoms with E-state index in [0.29, 0.717) is 0 Å². The summed E-state index contributed by atoms with van der Waals surface area (Å²) in [4.78, 5) is 0. The Balaban J connectivity index is 2.60. The fraction of sp³-hybridized carbons (Fsp3) is 0.571. The van der Waals surface area contributed by atoms with Crippen molar-refractivity contribution in [3.05, 3.63) is 21.7 Å². The van der Waals surface area contributed by atoms with Crippen molar-refractivity contribution in [2.45, 2.75) is 38.1 Å². The summed E-state index contributed by atoms with van der Waals surface area (Å²) < 4.78 is 11.8. The SMILES string of the molecule is COc1cc(C2(C(C)N)CC2)c(C)c(Br)c1OC. The van der Waals surface area contributed by atoms with Crippen LogP contribution in [-0.2, 0) is 5.41 Å². The van der Waals surface area contributed by atoms with Gasteiger partial charge in [-0.25, -0.2) is 0 Å². The van der Waals surface area contributed by atoms with Crippen LogP contribution in [0.25, 0.3) is 0 Å². The molecule has 2 N–H and O–H groups in total. The van der Waals surface area contributed by atoms with E-state index in [1.54, 1.807) is 14.2 Å². The molecule has 1 aliphatic carbocycles. The maximum absolute atomic E-state index is 6.16. The molecule has 0 aliphatic heterocycles. The van der Waals surface area contributed by atoms with Gasteiger partial charge in [-0.15, -0.1) is 0 Å². The van der Waals surface area contributed by atoms with E-state index >= 15 is 0 Å². The van der Waals surface area contributed by atoms with Crippen molar-refractivity contribution < 1.29 is 9.47 Å². The molecule has 1 aromatic carbocycles. The van der Waals surface area contributed by atoms with E-state index < -0.39 is 0 Å². The van der Waals surface area contributed by atoms with Crippen LogP contribution in [0.4, 0.5) is 0 Å². The summed E-state index contributed by atoms with van der Waals surface area (Å²) in [6.45, 7) is 4.18. The van der Waals surface area contributed by atoms with E-state index in [9.17, 15) is 0 Å². The summed E-state index contributed by atoms with van der Waals surface area (Å²) >= 11 is 3.61. The Bertz CT molecular complexity index is 467. The second-order valence-electron chi connectivity index (χ2n) is 5.04.